The fourth-order valence-electron chi connectivity index (χ4n) is 3.14. The standard InChI is InChI=1S/C19H17Cl2N7O/c1-10-8-14(25-11(2)24-10)26-17-16-19(23-9-22-17)28(6-7-29)18(27-16)15-12(20)4-3-5-13(15)21/h3-5,8-9,29H,6-7H2,1-2H3,(H,22,23,24,25,26). The van der Waals surface area contributed by atoms with E-state index in [1.54, 1.807) is 22.8 Å². The van der Waals surface area contributed by atoms with Crippen molar-refractivity contribution in [2.24, 2.45) is 0 Å². The fraction of sp³-hybridized carbons (Fsp3) is 0.211. The van der Waals surface area contributed by atoms with Crippen LogP contribution in [0.15, 0.2) is 30.6 Å². The molecule has 3 heterocycles. The van der Waals surface area contributed by atoms with Gasteiger partial charge in [0.05, 0.1) is 22.2 Å². The molecule has 0 amide bonds. The van der Waals surface area contributed by atoms with Gasteiger partial charge < -0.3 is 15.0 Å². The Balaban J connectivity index is 1.91. The first-order chi connectivity index (χ1) is 14.0. The van der Waals surface area contributed by atoms with Gasteiger partial charge in [-0.3, -0.25) is 0 Å². The van der Waals surface area contributed by atoms with Gasteiger partial charge in [0.1, 0.15) is 23.8 Å². The van der Waals surface area contributed by atoms with E-state index in [9.17, 15) is 5.11 Å². The molecule has 4 aromatic rings. The minimum Gasteiger partial charge on any atom is -0.395 e. The molecule has 0 aliphatic rings. The van der Waals surface area contributed by atoms with Crippen LogP contribution in [0.4, 0.5) is 11.6 Å². The first-order valence-corrected chi connectivity index (χ1v) is 9.59. The van der Waals surface area contributed by atoms with E-state index in [2.05, 4.69) is 25.3 Å². The molecule has 0 aliphatic heterocycles. The zero-order valence-electron chi connectivity index (χ0n) is 15.7. The number of benzene rings is 1. The minimum atomic E-state index is -0.0996. The number of anilines is 2. The Hall–Kier alpha value is -2.81. The lowest BCUT2D eigenvalue weighted by atomic mass is 10.2. The van der Waals surface area contributed by atoms with Gasteiger partial charge in [-0.05, 0) is 26.0 Å². The highest BCUT2D eigenvalue weighted by atomic mass is 35.5. The lowest BCUT2D eigenvalue weighted by Crippen LogP contribution is -2.06. The summed E-state index contributed by atoms with van der Waals surface area (Å²) in [5, 5.41) is 13.7. The van der Waals surface area contributed by atoms with Crippen molar-refractivity contribution in [3.05, 3.63) is 52.2 Å². The number of fused-ring (bicyclic) bond motifs is 1. The summed E-state index contributed by atoms with van der Waals surface area (Å²) < 4.78 is 1.77. The maximum Gasteiger partial charge on any atom is 0.166 e. The second-order valence-electron chi connectivity index (χ2n) is 6.37. The number of aliphatic hydroxyl groups excluding tert-OH is 1. The highest BCUT2D eigenvalue weighted by molar-refractivity contribution is 6.39. The smallest absolute Gasteiger partial charge is 0.166 e. The molecule has 4 rings (SSSR count). The molecule has 10 heteroatoms. The van der Waals surface area contributed by atoms with Crippen LogP contribution in [0.2, 0.25) is 10.0 Å². The lowest BCUT2D eigenvalue weighted by Gasteiger charge is -2.09. The van der Waals surface area contributed by atoms with Crippen LogP contribution in [0.5, 0.6) is 0 Å². The normalized spacial score (nSPS) is 11.2. The van der Waals surface area contributed by atoms with Crippen molar-refractivity contribution < 1.29 is 5.11 Å². The van der Waals surface area contributed by atoms with E-state index in [0.29, 0.717) is 50.1 Å². The number of aryl methyl sites for hydroxylation is 2. The molecule has 148 valence electrons. The van der Waals surface area contributed by atoms with Gasteiger partial charge in [0.2, 0.25) is 0 Å². The number of aliphatic hydroxyl groups is 1. The van der Waals surface area contributed by atoms with Crippen LogP contribution >= 0.6 is 23.2 Å². The van der Waals surface area contributed by atoms with E-state index < -0.39 is 0 Å². The molecule has 0 saturated heterocycles. The van der Waals surface area contributed by atoms with Gasteiger partial charge in [-0.1, -0.05) is 29.3 Å². The van der Waals surface area contributed by atoms with Crippen molar-refractivity contribution in [2.75, 3.05) is 11.9 Å². The van der Waals surface area contributed by atoms with Crippen molar-refractivity contribution in [3.8, 4) is 11.4 Å². The van der Waals surface area contributed by atoms with E-state index in [4.69, 9.17) is 28.2 Å². The Morgan fingerprint density at radius 3 is 2.52 bits per heavy atom. The molecule has 0 atom stereocenters. The Kier molecular flexibility index (Phi) is 5.31. The van der Waals surface area contributed by atoms with E-state index in [1.165, 1.54) is 6.33 Å². The summed E-state index contributed by atoms with van der Waals surface area (Å²) in [6.07, 6.45) is 1.43. The Labute approximate surface area is 176 Å². The SMILES string of the molecule is Cc1cc(Nc2ncnc3c2nc(-c2c(Cl)cccc2Cl)n3CCO)nc(C)n1. The second-order valence-corrected chi connectivity index (χ2v) is 7.18. The molecular weight excluding hydrogens is 413 g/mol. The van der Waals surface area contributed by atoms with Gasteiger partial charge in [0, 0.05) is 18.3 Å². The van der Waals surface area contributed by atoms with E-state index in [-0.39, 0.29) is 13.2 Å². The molecule has 0 unspecified atom stereocenters. The highest BCUT2D eigenvalue weighted by Crippen LogP contribution is 2.36. The molecular formula is C19H17Cl2N7O. The van der Waals surface area contributed by atoms with Gasteiger partial charge in [-0.25, -0.2) is 24.9 Å². The molecule has 0 fully saturated rings. The largest absolute Gasteiger partial charge is 0.395 e. The first kappa shape index (κ1) is 19.5. The molecule has 0 radical (unpaired) electrons. The summed E-state index contributed by atoms with van der Waals surface area (Å²) in [5.74, 6) is 2.23. The molecule has 0 spiro atoms. The van der Waals surface area contributed by atoms with Crippen LogP contribution in [0, 0.1) is 13.8 Å². The van der Waals surface area contributed by atoms with Crippen molar-refractivity contribution in [1.82, 2.24) is 29.5 Å². The summed E-state index contributed by atoms with van der Waals surface area (Å²) in [6.45, 7) is 3.89. The van der Waals surface area contributed by atoms with Gasteiger partial charge >= 0.3 is 0 Å². The van der Waals surface area contributed by atoms with Gasteiger partial charge in [-0.2, -0.15) is 0 Å². The first-order valence-electron chi connectivity index (χ1n) is 8.83. The van der Waals surface area contributed by atoms with E-state index >= 15 is 0 Å². The van der Waals surface area contributed by atoms with Crippen LogP contribution in [-0.4, -0.2) is 41.2 Å². The fourth-order valence-corrected chi connectivity index (χ4v) is 3.71. The van der Waals surface area contributed by atoms with Crippen LogP contribution in [0.25, 0.3) is 22.6 Å². The predicted molar refractivity (Wildman–Crippen MR) is 113 cm³/mol. The Morgan fingerprint density at radius 1 is 1.07 bits per heavy atom. The van der Waals surface area contributed by atoms with Crippen LogP contribution in [0.3, 0.4) is 0 Å². The topological polar surface area (TPSA) is 102 Å². The molecule has 2 N–H and O–H groups in total. The van der Waals surface area contributed by atoms with Crippen molar-refractivity contribution in [2.45, 2.75) is 20.4 Å². The molecule has 0 aliphatic carbocycles. The summed E-state index contributed by atoms with van der Waals surface area (Å²) in [6, 6.07) is 7.06. The molecule has 29 heavy (non-hydrogen) atoms. The third-order valence-corrected chi connectivity index (χ3v) is 4.88. The van der Waals surface area contributed by atoms with E-state index in [0.717, 1.165) is 5.69 Å². The minimum absolute atomic E-state index is 0.0996. The number of hydrogen-bond acceptors (Lipinski definition) is 7. The summed E-state index contributed by atoms with van der Waals surface area (Å²) in [4.78, 5) is 22.1. The third-order valence-electron chi connectivity index (χ3n) is 4.25. The Morgan fingerprint density at radius 2 is 1.83 bits per heavy atom. The average Bonchev–Trinajstić information content (AvgIpc) is 3.01. The predicted octanol–water partition coefficient (Wildman–Crippen LogP) is 3.94. The maximum absolute atomic E-state index is 9.58. The molecule has 0 saturated carbocycles. The second kappa shape index (κ2) is 7.90. The summed E-state index contributed by atoms with van der Waals surface area (Å²) in [7, 11) is 0. The number of imidazole rings is 1. The monoisotopic (exact) mass is 429 g/mol. The van der Waals surface area contributed by atoms with Gasteiger partial charge in [-0.15, -0.1) is 0 Å². The zero-order valence-corrected chi connectivity index (χ0v) is 17.2. The molecule has 3 aromatic heterocycles. The zero-order chi connectivity index (χ0) is 20.5. The number of nitrogens with zero attached hydrogens (tertiary/aromatic N) is 6. The highest BCUT2D eigenvalue weighted by Gasteiger charge is 2.21. The van der Waals surface area contributed by atoms with Crippen molar-refractivity contribution in [3.63, 3.8) is 0 Å². The van der Waals surface area contributed by atoms with Gasteiger partial charge in [0.25, 0.3) is 0 Å². The molecule has 8 nitrogen and oxygen atoms in total. The van der Waals surface area contributed by atoms with Crippen LogP contribution in [-0.2, 0) is 6.54 Å². The maximum atomic E-state index is 9.58. The van der Waals surface area contributed by atoms with E-state index in [1.807, 2.05) is 19.9 Å². The van der Waals surface area contributed by atoms with Crippen LogP contribution < -0.4 is 5.32 Å². The van der Waals surface area contributed by atoms with Crippen molar-refractivity contribution >= 4 is 46.0 Å². The number of halogens is 2. The summed E-state index contributed by atoms with van der Waals surface area (Å²) in [5.41, 5.74) is 2.47. The van der Waals surface area contributed by atoms with Crippen LogP contribution in [0.1, 0.15) is 11.5 Å². The number of hydrogen-bond donors (Lipinski definition) is 2. The third kappa shape index (κ3) is 3.74. The lowest BCUT2D eigenvalue weighted by molar-refractivity contribution is 0.278. The summed E-state index contributed by atoms with van der Waals surface area (Å²) >= 11 is 12.8. The van der Waals surface area contributed by atoms with Crippen molar-refractivity contribution in [1.29, 1.82) is 0 Å². The average molecular weight is 430 g/mol. The number of aromatic nitrogens is 6. The molecule has 1 aromatic carbocycles. The molecule has 0 bridgehead atoms. The quantitative estimate of drug-likeness (QED) is 0.495. The Bertz CT molecular complexity index is 1170. The number of rotatable bonds is 5. The number of nitrogens with one attached hydrogen (secondary N) is 1. The van der Waals surface area contributed by atoms with Gasteiger partial charge in [0.15, 0.2) is 17.0 Å².